The van der Waals surface area contributed by atoms with Crippen LogP contribution in [-0.2, 0) is 17.6 Å². The standard InChI is InChI=1S/C26H32N4O2/c1-3-19(2)25(32)27-13-14-29-23(16-21-9-11-24(31)12-10-21)18-30-22(17-28-26(29)30)15-20-7-5-4-6-8-20/h3-12,22-23,31H,13-18H2,1-2H3,(H,27,32)/b19-3+/t22-,23+/m0/s1. The van der Waals surface area contributed by atoms with Crippen LogP contribution in [0.1, 0.15) is 25.0 Å². The van der Waals surface area contributed by atoms with Gasteiger partial charge in [-0.15, -0.1) is 0 Å². The lowest BCUT2D eigenvalue weighted by Crippen LogP contribution is -2.42. The van der Waals surface area contributed by atoms with Crippen LogP contribution in [0.5, 0.6) is 5.75 Å². The average molecular weight is 433 g/mol. The van der Waals surface area contributed by atoms with Crippen LogP contribution in [0.25, 0.3) is 0 Å². The summed E-state index contributed by atoms with van der Waals surface area (Å²) in [5.74, 6) is 1.31. The molecule has 0 radical (unpaired) electrons. The van der Waals surface area contributed by atoms with Gasteiger partial charge in [-0.25, -0.2) is 0 Å². The first-order valence-corrected chi connectivity index (χ1v) is 11.4. The number of allylic oxidation sites excluding steroid dienone is 1. The van der Waals surface area contributed by atoms with Crippen LogP contribution in [0.2, 0.25) is 0 Å². The monoisotopic (exact) mass is 432 g/mol. The summed E-state index contributed by atoms with van der Waals surface area (Å²) < 4.78 is 0. The number of hydrogen-bond donors (Lipinski definition) is 2. The molecule has 0 unspecified atom stereocenters. The predicted molar refractivity (Wildman–Crippen MR) is 128 cm³/mol. The first-order valence-electron chi connectivity index (χ1n) is 11.4. The van der Waals surface area contributed by atoms with E-state index in [9.17, 15) is 9.90 Å². The maximum absolute atomic E-state index is 12.2. The number of aliphatic imine (C=N–C) groups is 1. The molecule has 1 amide bonds. The number of nitrogens with one attached hydrogen (secondary N) is 1. The molecule has 2 aromatic rings. The topological polar surface area (TPSA) is 68.2 Å². The molecular formula is C26H32N4O2. The summed E-state index contributed by atoms with van der Waals surface area (Å²) in [5, 5.41) is 12.7. The third-order valence-electron chi connectivity index (χ3n) is 6.40. The van der Waals surface area contributed by atoms with Crippen molar-refractivity contribution in [2.24, 2.45) is 4.99 Å². The van der Waals surface area contributed by atoms with Crippen LogP contribution >= 0.6 is 0 Å². The molecule has 2 heterocycles. The minimum atomic E-state index is -0.0195. The van der Waals surface area contributed by atoms with Crippen molar-refractivity contribution >= 4 is 11.9 Å². The Hall–Kier alpha value is -3.28. The molecule has 0 aromatic heterocycles. The lowest BCUT2D eigenvalue weighted by Gasteiger charge is -2.25. The van der Waals surface area contributed by atoms with Crippen molar-refractivity contribution in [3.63, 3.8) is 0 Å². The van der Waals surface area contributed by atoms with E-state index in [0.29, 0.717) is 12.6 Å². The summed E-state index contributed by atoms with van der Waals surface area (Å²) in [6.07, 6.45) is 3.68. The summed E-state index contributed by atoms with van der Waals surface area (Å²) in [5.41, 5.74) is 3.25. The van der Waals surface area contributed by atoms with Gasteiger partial charge in [-0.2, -0.15) is 0 Å². The molecule has 6 nitrogen and oxygen atoms in total. The lowest BCUT2D eigenvalue weighted by molar-refractivity contribution is -0.117. The zero-order chi connectivity index (χ0) is 22.5. The molecule has 2 atom stereocenters. The Balaban J connectivity index is 1.46. The van der Waals surface area contributed by atoms with Gasteiger partial charge in [0.1, 0.15) is 5.75 Å². The van der Waals surface area contributed by atoms with E-state index < -0.39 is 0 Å². The van der Waals surface area contributed by atoms with Crippen molar-refractivity contribution in [2.45, 2.75) is 38.8 Å². The van der Waals surface area contributed by atoms with Crippen LogP contribution in [0, 0.1) is 0 Å². The van der Waals surface area contributed by atoms with Gasteiger partial charge in [-0.05, 0) is 49.9 Å². The maximum Gasteiger partial charge on any atom is 0.246 e. The fraction of sp³-hybridized carbons (Fsp3) is 0.385. The minimum Gasteiger partial charge on any atom is -0.508 e. The maximum atomic E-state index is 12.2. The molecule has 1 fully saturated rings. The Morgan fingerprint density at radius 1 is 1.09 bits per heavy atom. The normalized spacial score (nSPS) is 20.3. The number of nitrogens with zero attached hydrogens (tertiary/aromatic N) is 3. The number of hydrogen-bond acceptors (Lipinski definition) is 5. The van der Waals surface area contributed by atoms with Crippen LogP contribution < -0.4 is 5.32 Å². The number of carbonyl (C=O) groups excluding carboxylic acids is 1. The van der Waals surface area contributed by atoms with Crippen molar-refractivity contribution in [3.05, 3.63) is 77.4 Å². The number of amides is 1. The zero-order valence-corrected chi connectivity index (χ0v) is 18.9. The Bertz CT molecular complexity index is 985. The van der Waals surface area contributed by atoms with Crippen LogP contribution in [0.4, 0.5) is 0 Å². The number of benzene rings is 2. The van der Waals surface area contributed by atoms with E-state index in [1.54, 1.807) is 12.1 Å². The fourth-order valence-corrected chi connectivity index (χ4v) is 4.50. The summed E-state index contributed by atoms with van der Waals surface area (Å²) in [4.78, 5) is 21.9. The summed E-state index contributed by atoms with van der Waals surface area (Å²) in [7, 11) is 0. The van der Waals surface area contributed by atoms with Crippen LogP contribution in [0.15, 0.2) is 71.2 Å². The molecule has 6 heteroatoms. The smallest absolute Gasteiger partial charge is 0.246 e. The number of phenolic OH excluding ortho intramolecular Hbond substituents is 1. The first kappa shape index (κ1) is 21.9. The molecule has 2 aliphatic rings. The van der Waals surface area contributed by atoms with Gasteiger partial charge in [-0.1, -0.05) is 48.5 Å². The van der Waals surface area contributed by atoms with Gasteiger partial charge in [0.05, 0.1) is 18.6 Å². The second kappa shape index (κ2) is 9.90. The number of carbonyl (C=O) groups is 1. The van der Waals surface area contributed by atoms with Crippen molar-refractivity contribution < 1.29 is 9.90 Å². The number of aromatic hydroxyl groups is 1. The average Bonchev–Trinajstić information content (AvgIpc) is 3.35. The third kappa shape index (κ3) is 4.96. The second-order valence-corrected chi connectivity index (χ2v) is 8.58. The molecule has 32 heavy (non-hydrogen) atoms. The van der Waals surface area contributed by atoms with Gasteiger partial charge in [0, 0.05) is 25.2 Å². The van der Waals surface area contributed by atoms with E-state index in [0.717, 1.165) is 44.0 Å². The molecule has 2 aromatic carbocycles. The highest BCUT2D eigenvalue weighted by molar-refractivity contribution is 5.92. The molecule has 2 N–H and O–H groups in total. The van der Waals surface area contributed by atoms with Gasteiger partial charge in [-0.3, -0.25) is 9.79 Å². The van der Waals surface area contributed by atoms with Gasteiger partial charge in [0.2, 0.25) is 5.91 Å². The number of guanidine groups is 1. The molecule has 0 aliphatic carbocycles. The van der Waals surface area contributed by atoms with E-state index >= 15 is 0 Å². The zero-order valence-electron chi connectivity index (χ0n) is 18.9. The first-order chi connectivity index (χ1) is 15.5. The Labute approximate surface area is 190 Å². The van der Waals surface area contributed by atoms with Gasteiger partial charge < -0.3 is 20.2 Å². The Morgan fingerprint density at radius 3 is 2.50 bits per heavy atom. The van der Waals surface area contributed by atoms with E-state index in [-0.39, 0.29) is 17.7 Å². The number of phenols is 1. The molecule has 0 spiro atoms. The van der Waals surface area contributed by atoms with E-state index in [2.05, 4.69) is 45.4 Å². The summed E-state index contributed by atoms with van der Waals surface area (Å²) in [6, 6.07) is 18.7. The second-order valence-electron chi connectivity index (χ2n) is 8.58. The van der Waals surface area contributed by atoms with Crippen LogP contribution in [0.3, 0.4) is 0 Å². The van der Waals surface area contributed by atoms with E-state index in [1.807, 2.05) is 32.1 Å². The quantitative estimate of drug-likeness (QED) is 0.630. The SMILES string of the molecule is C/C=C(\C)C(=O)NCCN1C2=NC[C@H](Cc3ccccc3)N2C[C@H]1Cc1ccc(O)cc1. The van der Waals surface area contributed by atoms with Crippen molar-refractivity contribution in [3.8, 4) is 5.75 Å². The Morgan fingerprint density at radius 2 is 1.78 bits per heavy atom. The predicted octanol–water partition coefficient (Wildman–Crippen LogP) is 2.98. The summed E-state index contributed by atoms with van der Waals surface area (Å²) >= 11 is 0. The Kier molecular flexibility index (Phi) is 6.78. The lowest BCUT2D eigenvalue weighted by atomic mass is 10.0. The van der Waals surface area contributed by atoms with Crippen molar-refractivity contribution in [1.29, 1.82) is 0 Å². The third-order valence-corrected chi connectivity index (χ3v) is 6.40. The molecule has 0 saturated carbocycles. The van der Waals surface area contributed by atoms with E-state index in [4.69, 9.17) is 4.99 Å². The molecular weight excluding hydrogens is 400 g/mol. The highest BCUT2D eigenvalue weighted by Gasteiger charge is 2.41. The van der Waals surface area contributed by atoms with Crippen LogP contribution in [-0.4, -0.2) is 65.0 Å². The van der Waals surface area contributed by atoms with Gasteiger partial charge in [0.15, 0.2) is 5.96 Å². The van der Waals surface area contributed by atoms with E-state index in [1.165, 1.54) is 11.1 Å². The van der Waals surface area contributed by atoms with Crippen molar-refractivity contribution in [2.75, 3.05) is 26.2 Å². The molecule has 0 bridgehead atoms. The largest absolute Gasteiger partial charge is 0.508 e. The van der Waals surface area contributed by atoms with Gasteiger partial charge in [0.25, 0.3) is 0 Å². The number of fused-ring (bicyclic) bond motifs is 1. The van der Waals surface area contributed by atoms with Crippen molar-refractivity contribution in [1.82, 2.24) is 15.1 Å². The fourth-order valence-electron chi connectivity index (χ4n) is 4.50. The highest BCUT2D eigenvalue weighted by atomic mass is 16.3. The minimum absolute atomic E-state index is 0.0195. The highest BCUT2D eigenvalue weighted by Crippen LogP contribution is 2.27. The molecule has 4 rings (SSSR count). The van der Waals surface area contributed by atoms with Gasteiger partial charge >= 0.3 is 0 Å². The molecule has 1 saturated heterocycles. The summed E-state index contributed by atoms with van der Waals surface area (Å²) in [6.45, 7) is 6.72. The molecule has 168 valence electrons. The number of rotatable bonds is 8. The molecule has 2 aliphatic heterocycles.